The molecule has 8 nitrogen and oxygen atoms in total. The van der Waals surface area contributed by atoms with Crippen molar-refractivity contribution in [2.24, 2.45) is 10.3 Å². The van der Waals surface area contributed by atoms with Gasteiger partial charge in [-0.05, 0) is 62.1 Å². The third kappa shape index (κ3) is 7.00. The number of nitrogens with one attached hydrogen (secondary N) is 2. The molecule has 0 aliphatic carbocycles. The minimum atomic E-state index is -3.59. The van der Waals surface area contributed by atoms with E-state index < -0.39 is 10.0 Å². The summed E-state index contributed by atoms with van der Waals surface area (Å²) in [5.41, 5.74) is 1.18. The Hall–Kier alpha value is -2.52. The number of nitrogens with zero attached hydrogens (tertiary/aromatic N) is 3. The first-order chi connectivity index (χ1) is 14.7. The van der Waals surface area contributed by atoms with Crippen LogP contribution in [-0.2, 0) is 10.0 Å². The van der Waals surface area contributed by atoms with Crippen molar-refractivity contribution in [2.75, 3.05) is 36.7 Å². The van der Waals surface area contributed by atoms with Gasteiger partial charge >= 0.3 is 0 Å². The minimum Gasteiger partial charge on any atom is -0.497 e. The maximum Gasteiger partial charge on any atom is 0.253 e. The molecule has 0 radical (unpaired) electrons. The normalized spacial score (nSPS) is 16.6. The van der Waals surface area contributed by atoms with E-state index in [1.807, 2.05) is 19.1 Å². The van der Waals surface area contributed by atoms with Crippen molar-refractivity contribution in [1.29, 1.82) is 0 Å². The lowest BCUT2D eigenvalue weighted by Gasteiger charge is -2.36. The lowest BCUT2D eigenvalue weighted by molar-refractivity contribution is 0.336. The van der Waals surface area contributed by atoms with Crippen LogP contribution in [0.15, 0.2) is 47.0 Å². The van der Waals surface area contributed by atoms with Crippen molar-refractivity contribution in [3.63, 3.8) is 0 Å². The maximum absolute atomic E-state index is 11.8. The van der Waals surface area contributed by atoms with Crippen LogP contribution < -0.4 is 20.3 Å². The molecule has 2 heterocycles. The molecule has 1 aromatic carbocycles. The highest BCUT2D eigenvalue weighted by Crippen LogP contribution is 2.26. The Bertz CT molecular complexity index is 989. The van der Waals surface area contributed by atoms with Gasteiger partial charge in [-0.25, -0.2) is 13.4 Å². The summed E-state index contributed by atoms with van der Waals surface area (Å²) in [7, 11) is -1.93. The van der Waals surface area contributed by atoms with E-state index in [0.29, 0.717) is 16.8 Å². The number of halogens is 1. The number of ether oxygens (including phenoxy) is 1. The SMILES string of the molecule is COc1ccc(N2CCC(C(C)N/C(=N/S(C)(=O)=O)Nc3ccc(Cl)cn3)CC2)cc1. The van der Waals surface area contributed by atoms with Crippen LogP contribution in [0, 0.1) is 5.92 Å². The van der Waals surface area contributed by atoms with Crippen LogP contribution in [0.3, 0.4) is 0 Å². The molecule has 2 aromatic rings. The van der Waals surface area contributed by atoms with Gasteiger partial charge in [0.25, 0.3) is 10.0 Å². The third-order valence-electron chi connectivity index (χ3n) is 5.28. The number of piperidine rings is 1. The molecule has 1 atom stereocenters. The van der Waals surface area contributed by atoms with E-state index in [9.17, 15) is 8.42 Å². The summed E-state index contributed by atoms with van der Waals surface area (Å²) >= 11 is 5.87. The van der Waals surface area contributed by atoms with Crippen molar-refractivity contribution in [3.05, 3.63) is 47.6 Å². The van der Waals surface area contributed by atoms with Crippen LogP contribution in [0.4, 0.5) is 11.5 Å². The van der Waals surface area contributed by atoms with Crippen molar-refractivity contribution >= 4 is 39.1 Å². The topological polar surface area (TPSA) is 95.9 Å². The molecule has 1 saturated heterocycles. The zero-order chi connectivity index (χ0) is 22.4. The summed E-state index contributed by atoms with van der Waals surface area (Å²) in [6.07, 6.45) is 4.50. The minimum absolute atomic E-state index is 0.0262. The molecule has 1 aliphatic heterocycles. The van der Waals surface area contributed by atoms with Crippen molar-refractivity contribution in [1.82, 2.24) is 10.3 Å². The summed E-state index contributed by atoms with van der Waals surface area (Å²) < 4.78 is 32.6. The molecule has 1 aromatic heterocycles. The molecule has 0 amide bonds. The van der Waals surface area contributed by atoms with Crippen LogP contribution >= 0.6 is 11.6 Å². The van der Waals surface area contributed by atoms with Crippen molar-refractivity contribution < 1.29 is 13.2 Å². The first kappa shape index (κ1) is 23.1. The van der Waals surface area contributed by atoms with E-state index in [1.165, 1.54) is 11.9 Å². The van der Waals surface area contributed by atoms with E-state index in [0.717, 1.165) is 37.9 Å². The zero-order valence-corrected chi connectivity index (χ0v) is 19.4. The van der Waals surface area contributed by atoms with Crippen molar-refractivity contribution in [2.45, 2.75) is 25.8 Å². The molecular formula is C21H28ClN5O3S. The number of hydrogen-bond donors (Lipinski definition) is 2. The number of aromatic nitrogens is 1. The van der Waals surface area contributed by atoms with Crippen molar-refractivity contribution in [3.8, 4) is 5.75 Å². The third-order valence-corrected chi connectivity index (χ3v) is 6.02. The first-order valence-electron chi connectivity index (χ1n) is 10.1. The van der Waals surface area contributed by atoms with Crippen LogP contribution in [-0.4, -0.2) is 51.9 Å². The number of methoxy groups -OCH3 is 1. The fourth-order valence-corrected chi connectivity index (χ4v) is 4.15. The average Bonchev–Trinajstić information content (AvgIpc) is 2.74. The van der Waals surface area contributed by atoms with Gasteiger partial charge in [-0.15, -0.1) is 4.40 Å². The van der Waals surface area contributed by atoms with E-state index in [2.05, 4.69) is 37.0 Å². The standard InChI is InChI=1S/C21H28ClN5O3S/c1-15(16-10-12-27(13-11-16)18-5-7-19(30-2)8-6-18)24-21(26-31(3,28)29)25-20-9-4-17(22)14-23-20/h4-9,14-16H,10-13H2,1-3H3,(H2,23,24,25,26). The lowest BCUT2D eigenvalue weighted by Crippen LogP contribution is -2.46. The van der Waals surface area contributed by atoms with E-state index in [1.54, 1.807) is 19.2 Å². The van der Waals surface area contributed by atoms with Gasteiger partial charge in [0.1, 0.15) is 11.6 Å². The molecule has 0 saturated carbocycles. The molecule has 0 spiro atoms. The highest BCUT2D eigenvalue weighted by Gasteiger charge is 2.25. The Labute approximate surface area is 188 Å². The van der Waals surface area contributed by atoms with Gasteiger partial charge in [0.2, 0.25) is 5.96 Å². The van der Waals surface area contributed by atoms with E-state index >= 15 is 0 Å². The molecule has 31 heavy (non-hydrogen) atoms. The Balaban J connectivity index is 1.61. The summed E-state index contributed by atoms with van der Waals surface area (Å²) in [5, 5.41) is 6.67. The predicted octanol–water partition coefficient (Wildman–Crippen LogP) is 3.37. The fraction of sp³-hybridized carbons (Fsp3) is 0.429. The lowest BCUT2D eigenvalue weighted by atomic mass is 9.90. The summed E-state index contributed by atoms with van der Waals surface area (Å²) in [5.74, 6) is 1.83. The van der Waals surface area contributed by atoms with Gasteiger partial charge < -0.3 is 20.3 Å². The Morgan fingerprint density at radius 3 is 2.45 bits per heavy atom. The molecule has 1 unspecified atom stereocenters. The van der Waals surface area contributed by atoms with Crippen LogP contribution in [0.2, 0.25) is 5.02 Å². The maximum atomic E-state index is 11.8. The molecular weight excluding hydrogens is 438 g/mol. The smallest absolute Gasteiger partial charge is 0.253 e. The van der Waals surface area contributed by atoms with Gasteiger partial charge in [0, 0.05) is 31.0 Å². The van der Waals surface area contributed by atoms with Crippen LogP contribution in [0.25, 0.3) is 0 Å². The number of hydrogen-bond acceptors (Lipinski definition) is 5. The molecule has 0 bridgehead atoms. The van der Waals surface area contributed by atoms with Gasteiger partial charge in [-0.3, -0.25) is 0 Å². The second kappa shape index (κ2) is 10.2. The van der Waals surface area contributed by atoms with E-state index in [4.69, 9.17) is 16.3 Å². The summed E-state index contributed by atoms with van der Waals surface area (Å²) in [6, 6.07) is 11.4. The zero-order valence-electron chi connectivity index (χ0n) is 17.9. The number of sulfonamides is 1. The largest absolute Gasteiger partial charge is 0.497 e. The number of anilines is 2. The average molecular weight is 466 g/mol. The molecule has 1 fully saturated rings. The fourth-order valence-electron chi connectivity index (χ4n) is 3.61. The van der Waals surface area contributed by atoms with Gasteiger partial charge in [0.15, 0.2) is 0 Å². The second-order valence-electron chi connectivity index (χ2n) is 7.62. The predicted molar refractivity (Wildman–Crippen MR) is 126 cm³/mol. The molecule has 2 N–H and O–H groups in total. The quantitative estimate of drug-likeness (QED) is 0.498. The van der Waals surface area contributed by atoms with Gasteiger partial charge in [-0.2, -0.15) is 0 Å². The number of guanidine groups is 1. The first-order valence-corrected chi connectivity index (χ1v) is 12.3. The van der Waals surface area contributed by atoms with Gasteiger partial charge in [0.05, 0.1) is 18.4 Å². The highest BCUT2D eigenvalue weighted by molar-refractivity contribution is 7.89. The highest BCUT2D eigenvalue weighted by atomic mass is 35.5. The molecule has 1 aliphatic rings. The number of pyridine rings is 1. The van der Waals surface area contributed by atoms with Gasteiger partial charge in [-0.1, -0.05) is 11.6 Å². The number of benzene rings is 1. The Morgan fingerprint density at radius 1 is 1.23 bits per heavy atom. The summed E-state index contributed by atoms with van der Waals surface area (Å²) in [6.45, 7) is 3.89. The molecule has 3 rings (SSSR count). The van der Waals surface area contributed by atoms with Crippen LogP contribution in [0.1, 0.15) is 19.8 Å². The van der Waals surface area contributed by atoms with E-state index in [-0.39, 0.29) is 12.0 Å². The van der Waals surface area contributed by atoms with Crippen LogP contribution in [0.5, 0.6) is 5.75 Å². The number of rotatable bonds is 6. The Kier molecular flexibility index (Phi) is 7.61. The molecule has 168 valence electrons. The molecule has 10 heteroatoms. The summed E-state index contributed by atoms with van der Waals surface area (Å²) in [4.78, 5) is 6.50. The Morgan fingerprint density at radius 2 is 1.90 bits per heavy atom. The second-order valence-corrected chi connectivity index (χ2v) is 9.70. The monoisotopic (exact) mass is 465 g/mol.